The molecule has 1 N–H and O–H groups in total. The van der Waals surface area contributed by atoms with Crippen LogP contribution < -0.4 is 5.32 Å². The molecule has 2 amide bonds. The number of thiophene rings is 1. The summed E-state index contributed by atoms with van der Waals surface area (Å²) in [7, 11) is 1.62. The van der Waals surface area contributed by atoms with E-state index in [1.807, 2.05) is 38.1 Å². The van der Waals surface area contributed by atoms with Crippen LogP contribution >= 0.6 is 11.3 Å². The second-order valence-corrected chi connectivity index (χ2v) is 7.53. The lowest BCUT2D eigenvalue weighted by atomic mass is 10.0. The van der Waals surface area contributed by atoms with Gasteiger partial charge < -0.3 is 19.7 Å². The molecule has 2 heterocycles. The third kappa shape index (κ3) is 3.90. The van der Waals surface area contributed by atoms with Gasteiger partial charge in [0, 0.05) is 23.9 Å². The van der Waals surface area contributed by atoms with Gasteiger partial charge in [-0.15, -0.1) is 11.3 Å². The van der Waals surface area contributed by atoms with Crippen LogP contribution in [0.3, 0.4) is 0 Å². The van der Waals surface area contributed by atoms with Crippen LogP contribution in [0.25, 0.3) is 10.1 Å². The van der Waals surface area contributed by atoms with Gasteiger partial charge in [-0.25, -0.2) is 0 Å². The maximum absolute atomic E-state index is 12.4. The van der Waals surface area contributed by atoms with Gasteiger partial charge in [-0.3, -0.25) is 9.59 Å². The number of carbonyl (C=O) groups is 2. The summed E-state index contributed by atoms with van der Waals surface area (Å²) in [6, 6.07) is 7.91. The Morgan fingerprint density at radius 1 is 1.38 bits per heavy atom. The molecule has 0 saturated carbocycles. The lowest BCUT2D eigenvalue weighted by molar-refractivity contribution is -0.145. The van der Waals surface area contributed by atoms with Crippen LogP contribution in [0, 0.1) is 0 Å². The second-order valence-electron chi connectivity index (χ2n) is 6.48. The number of fused-ring (bicyclic) bond motifs is 1. The highest BCUT2D eigenvalue weighted by Crippen LogP contribution is 2.38. The van der Waals surface area contributed by atoms with Gasteiger partial charge in [-0.2, -0.15) is 0 Å². The Kier molecular flexibility index (Phi) is 5.90. The van der Waals surface area contributed by atoms with E-state index < -0.39 is 0 Å². The summed E-state index contributed by atoms with van der Waals surface area (Å²) in [4.78, 5) is 27.2. The Hall–Kier alpha value is -1.96. The molecule has 6 nitrogen and oxygen atoms in total. The minimum atomic E-state index is -0.324. The number of ether oxygens (including phenoxy) is 2. The molecule has 1 fully saturated rings. The van der Waals surface area contributed by atoms with E-state index in [2.05, 4.69) is 5.32 Å². The van der Waals surface area contributed by atoms with Crippen LogP contribution in [-0.4, -0.2) is 56.2 Å². The van der Waals surface area contributed by atoms with Crippen LogP contribution in [0.2, 0.25) is 0 Å². The summed E-state index contributed by atoms with van der Waals surface area (Å²) in [5, 5.41) is 3.71. The molecule has 0 spiro atoms. The van der Waals surface area contributed by atoms with Crippen molar-refractivity contribution in [2.75, 3.05) is 33.4 Å². The number of nitrogens with zero attached hydrogens (tertiary/aromatic N) is 1. The molecule has 1 aromatic carbocycles. The largest absolute Gasteiger partial charge is 0.370 e. The van der Waals surface area contributed by atoms with Gasteiger partial charge >= 0.3 is 0 Å². The quantitative estimate of drug-likeness (QED) is 0.871. The highest BCUT2D eigenvalue weighted by molar-refractivity contribution is 7.21. The Labute approximate surface area is 157 Å². The molecule has 7 heteroatoms. The lowest BCUT2D eigenvalue weighted by Crippen LogP contribution is -2.44. The van der Waals surface area contributed by atoms with E-state index in [-0.39, 0.29) is 30.6 Å². The SMILES string of the molecule is CNC(=O)c1sc2ccccc2c1[C@H]1CN(C(=O)COC(C)C)CCO1. The van der Waals surface area contributed by atoms with Crippen LogP contribution in [0.4, 0.5) is 0 Å². The Balaban J connectivity index is 1.88. The van der Waals surface area contributed by atoms with Crippen molar-refractivity contribution in [3.63, 3.8) is 0 Å². The summed E-state index contributed by atoms with van der Waals surface area (Å²) in [5.41, 5.74) is 0.868. The number of hydrogen-bond acceptors (Lipinski definition) is 5. The molecule has 0 bridgehead atoms. The van der Waals surface area contributed by atoms with Crippen molar-refractivity contribution in [3.8, 4) is 0 Å². The predicted octanol–water partition coefficient (Wildman–Crippen LogP) is 2.59. The summed E-state index contributed by atoms with van der Waals surface area (Å²) in [5.74, 6) is -0.176. The van der Waals surface area contributed by atoms with E-state index >= 15 is 0 Å². The smallest absolute Gasteiger partial charge is 0.261 e. The van der Waals surface area contributed by atoms with Crippen LogP contribution in [-0.2, 0) is 14.3 Å². The Morgan fingerprint density at radius 2 is 2.15 bits per heavy atom. The molecule has 1 aliphatic heterocycles. The highest BCUT2D eigenvalue weighted by Gasteiger charge is 2.31. The number of rotatable bonds is 5. The van der Waals surface area contributed by atoms with Gasteiger partial charge in [-0.05, 0) is 25.3 Å². The van der Waals surface area contributed by atoms with Crippen molar-refractivity contribution in [1.82, 2.24) is 10.2 Å². The fraction of sp³-hybridized carbons (Fsp3) is 0.474. The third-order valence-corrected chi connectivity index (χ3v) is 5.53. The van der Waals surface area contributed by atoms with Crippen LogP contribution in [0.5, 0.6) is 0 Å². The van der Waals surface area contributed by atoms with Crippen molar-refractivity contribution in [3.05, 3.63) is 34.7 Å². The molecule has 0 unspecified atom stereocenters. The molecular weight excluding hydrogens is 352 g/mol. The number of nitrogens with one attached hydrogen (secondary N) is 1. The third-order valence-electron chi connectivity index (χ3n) is 4.35. The number of hydrogen-bond donors (Lipinski definition) is 1. The monoisotopic (exact) mass is 376 g/mol. The van der Waals surface area contributed by atoms with Crippen molar-refractivity contribution < 1.29 is 19.1 Å². The summed E-state index contributed by atoms with van der Waals surface area (Å²) >= 11 is 1.45. The molecule has 1 atom stereocenters. The normalized spacial score (nSPS) is 17.7. The minimum Gasteiger partial charge on any atom is -0.370 e. The first-order chi connectivity index (χ1) is 12.5. The second kappa shape index (κ2) is 8.16. The zero-order valence-electron chi connectivity index (χ0n) is 15.3. The van der Waals surface area contributed by atoms with E-state index in [4.69, 9.17) is 9.47 Å². The van der Waals surface area contributed by atoms with Gasteiger partial charge in [0.2, 0.25) is 5.91 Å². The fourth-order valence-corrected chi connectivity index (χ4v) is 4.25. The average Bonchev–Trinajstić information content (AvgIpc) is 3.05. The molecule has 140 valence electrons. The summed E-state index contributed by atoms with van der Waals surface area (Å²) in [6.45, 7) is 5.27. The standard InChI is InChI=1S/C19H24N2O4S/c1-12(2)25-11-16(22)21-8-9-24-14(10-21)17-13-6-4-5-7-15(13)26-18(17)19(23)20-3/h4-7,12,14H,8-11H2,1-3H3,(H,20,23)/t14-/m1/s1. The first-order valence-corrected chi connectivity index (χ1v) is 9.57. The van der Waals surface area contributed by atoms with E-state index in [1.54, 1.807) is 11.9 Å². The van der Waals surface area contributed by atoms with Gasteiger partial charge in [-0.1, -0.05) is 18.2 Å². The summed E-state index contributed by atoms with van der Waals surface area (Å²) < 4.78 is 12.4. The van der Waals surface area contributed by atoms with E-state index in [1.165, 1.54) is 11.3 Å². The maximum Gasteiger partial charge on any atom is 0.261 e. The van der Waals surface area contributed by atoms with Gasteiger partial charge in [0.1, 0.15) is 12.7 Å². The first kappa shape index (κ1) is 18.8. The van der Waals surface area contributed by atoms with Crippen LogP contribution in [0.1, 0.15) is 35.2 Å². The van der Waals surface area contributed by atoms with Crippen molar-refractivity contribution in [1.29, 1.82) is 0 Å². The number of carbonyl (C=O) groups excluding carboxylic acids is 2. The number of morpholine rings is 1. The van der Waals surface area contributed by atoms with E-state index in [9.17, 15) is 9.59 Å². The van der Waals surface area contributed by atoms with E-state index in [0.717, 1.165) is 15.6 Å². The van der Waals surface area contributed by atoms with Gasteiger partial charge in [0.05, 0.1) is 24.1 Å². The Morgan fingerprint density at radius 3 is 2.88 bits per heavy atom. The van der Waals surface area contributed by atoms with Gasteiger partial charge in [0.15, 0.2) is 0 Å². The molecule has 0 radical (unpaired) electrons. The first-order valence-electron chi connectivity index (χ1n) is 8.75. The number of benzene rings is 1. The minimum absolute atomic E-state index is 0.0106. The zero-order valence-corrected chi connectivity index (χ0v) is 16.1. The van der Waals surface area contributed by atoms with Crippen molar-refractivity contribution in [2.24, 2.45) is 0 Å². The highest BCUT2D eigenvalue weighted by atomic mass is 32.1. The Bertz CT molecular complexity index is 802. The molecule has 1 aliphatic rings. The summed E-state index contributed by atoms with van der Waals surface area (Å²) in [6.07, 6.45) is -0.313. The molecule has 0 aliphatic carbocycles. The number of amides is 2. The molecule has 3 rings (SSSR count). The lowest BCUT2D eigenvalue weighted by Gasteiger charge is -2.33. The van der Waals surface area contributed by atoms with Crippen LogP contribution in [0.15, 0.2) is 24.3 Å². The van der Waals surface area contributed by atoms with Crippen molar-refractivity contribution >= 4 is 33.2 Å². The maximum atomic E-state index is 12.4. The molecule has 1 saturated heterocycles. The molecule has 2 aromatic rings. The van der Waals surface area contributed by atoms with Gasteiger partial charge in [0.25, 0.3) is 5.91 Å². The van der Waals surface area contributed by atoms with E-state index in [0.29, 0.717) is 24.6 Å². The van der Waals surface area contributed by atoms with Crippen molar-refractivity contribution in [2.45, 2.75) is 26.1 Å². The molecular formula is C19H24N2O4S. The topological polar surface area (TPSA) is 67.9 Å². The average molecular weight is 376 g/mol. The predicted molar refractivity (Wildman–Crippen MR) is 102 cm³/mol. The molecule has 1 aromatic heterocycles. The fourth-order valence-electron chi connectivity index (χ4n) is 3.05. The molecule has 26 heavy (non-hydrogen) atoms. The zero-order chi connectivity index (χ0) is 18.7.